The molecule has 4 aromatic rings. The van der Waals surface area contributed by atoms with Crippen molar-refractivity contribution in [2.45, 2.75) is 56.9 Å². The van der Waals surface area contributed by atoms with Gasteiger partial charge in [0.15, 0.2) is 0 Å². The van der Waals surface area contributed by atoms with Gasteiger partial charge in [-0.15, -0.1) is 0 Å². The molecule has 1 unspecified atom stereocenters. The number of nitrogens with one attached hydrogen (secondary N) is 2. The summed E-state index contributed by atoms with van der Waals surface area (Å²) >= 11 is 0. The zero-order valence-corrected chi connectivity index (χ0v) is 27.8. The summed E-state index contributed by atoms with van der Waals surface area (Å²) in [5.41, 5.74) is 5.85. The number of piperidine rings is 1. The number of anilines is 3. The van der Waals surface area contributed by atoms with Crippen molar-refractivity contribution in [3.8, 4) is 0 Å². The summed E-state index contributed by atoms with van der Waals surface area (Å²) in [5.74, 6) is -0.0980. The molecule has 2 N–H and O–H groups in total. The van der Waals surface area contributed by atoms with Crippen molar-refractivity contribution in [3.63, 3.8) is 0 Å². The normalized spacial score (nSPS) is 19.1. The summed E-state index contributed by atoms with van der Waals surface area (Å²) in [4.78, 5) is 52.7. The van der Waals surface area contributed by atoms with E-state index in [1.54, 1.807) is 19.0 Å². The number of rotatable bonds is 9. The smallest absolute Gasteiger partial charge is 0.270 e. The van der Waals surface area contributed by atoms with Gasteiger partial charge < -0.3 is 19.7 Å². The average Bonchev–Trinajstić information content (AvgIpc) is 3.76. The Hall–Kier alpha value is -4.77. The Kier molecular flexibility index (Phi) is 9.12. The molecule has 2 aromatic carbocycles. The summed E-state index contributed by atoms with van der Waals surface area (Å²) in [6.45, 7) is 4.92. The van der Waals surface area contributed by atoms with E-state index in [0.717, 1.165) is 74.3 Å². The maximum Gasteiger partial charge on any atom is 0.270 e. The van der Waals surface area contributed by atoms with Crippen LogP contribution in [0.4, 0.5) is 17.3 Å². The van der Waals surface area contributed by atoms with Crippen LogP contribution in [-0.4, -0.2) is 88.9 Å². The van der Waals surface area contributed by atoms with E-state index in [9.17, 15) is 14.4 Å². The van der Waals surface area contributed by atoms with Gasteiger partial charge in [0.1, 0.15) is 11.3 Å². The molecule has 250 valence electrons. The van der Waals surface area contributed by atoms with Crippen molar-refractivity contribution >= 4 is 46.1 Å². The second kappa shape index (κ2) is 13.8. The highest BCUT2D eigenvalue weighted by molar-refractivity contribution is 6.01. The predicted octanol–water partition coefficient (Wildman–Crippen LogP) is 4.88. The first-order chi connectivity index (χ1) is 23.3. The SMILES string of the molecule is CN(C)C(=O)c1cc2cnc(Nc3ccc(CCN4CCN(c5ccc(C6CCC(=O)NC6=O)cc5)CC4)cc3)nc2n1C1CCCC1. The molecule has 3 amide bonds. The lowest BCUT2D eigenvalue weighted by atomic mass is 9.90. The molecule has 7 rings (SSSR count). The zero-order chi connectivity index (χ0) is 33.2. The number of carbonyl (C=O) groups is 3. The number of amides is 3. The van der Waals surface area contributed by atoms with Crippen molar-refractivity contribution in [3.05, 3.63) is 77.6 Å². The Bertz CT molecular complexity index is 1790. The second-order valence-corrected chi connectivity index (χ2v) is 13.5. The Morgan fingerprint density at radius 1 is 0.958 bits per heavy atom. The minimum absolute atomic E-state index is 0.00907. The Morgan fingerprint density at radius 2 is 1.69 bits per heavy atom. The van der Waals surface area contributed by atoms with Gasteiger partial charge in [-0.25, -0.2) is 4.98 Å². The van der Waals surface area contributed by atoms with Crippen LogP contribution in [0, 0.1) is 0 Å². The van der Waals surface area contributed by atoms with E-state index in [-0.39, 0.29) is 29.7 Å². The molecular formula is C37H44N8O3. The average molecular weight is 649 g/mol. The van der Waals surface area contributed by atoms with Crippen LogP contribution >= 0.6 is 0 Å². The largest absolute Gasteiger partial charge is 0.369 e. The van der Waals surface area contributed by atoms with Gasteiger partial charge >= 0.3 is 0 Å². The van der Waals surface area contributed by atoms with Crippen molar-refractivity contribution < 1.29 is 14.4 Å². The first kappa shape index (κ1) is 31.8. The molecule has 2 saturated heterocycles. The number of nitrogens with zero attached hydrogens (tertiary/aromatic N) is 6. The Labute approximate surface area is 281 Å². The maximum absolute atomic E-state index is 13.0. The maximum atomic E-state index is 13.0. The van der Waals surface area contributed by atoms with Gasteiger partial charge in [-0.1, -0.05) is 37.1 Å². The topological polar surface area (TPSA) is 116 Å². The highest BCUT2D eigenvalue weighted by Gasteiger charge is 2.29. The molecule has 1 aliphatic carbocycles. The van der Waals surface area contributed by atoms with Gasteiger partial charge in [0.05, 0.1) is 5.92 Å². The summed E-state index contributed by atoms with van der Waals surface area (Å²) in [7, 11) is 3.58. The van der Waals surface area contributed by atoms with Crippen LogP contribution in [-0.2, 0) is 16.0 Å². The van der Waals surface area contributed by atoms with Crippen molar-refractivity contribution in [2.24, 2.45) is 0 Å². The monoisotopic (exact) mass is 648 g/mol. The Morgan fingerprint density at radius 3 is 2.38 bits per heavy atom. The third kappa shape index (κ3) is 6.78. The molecule has 48 heavy (non-hydrogen) atoms. The second-order valence-electron chi connectivity index (χ2n) is 13.5. The van der Waals surface area contributed by atoms with Crippen LogP contribution in [0.25, 0.3) is 11.0 Å². The highest BCUT2D eigenvalue weighted by atomic mass is 16.2. The number of benzene rings is 2. The number of carbonyl (C=O) groups excluding carboxylic acids is 3. The van der Waals surface area contributed by atoms with Gasteiger partial charge in [0.2, 0.25) is 17.8 Å². The molecular weight excluding hydrogens is 604 g/mol. The predicted molar refractivity (Wildman–Crippen MR) is 187 cm³/mol. The summed E-state index contributed by atoms with van der Waals surface area (Å²) in [5, 5.41) is 6.71. The first-order valence-corrected chi connectivity index (χ1v) is 17.2. The lowest BCUT2D eigenvalue weighted by molar-refractivity contribution is -0.134. The highest BCUT2D eigenvalue weighted by Crippen LogP contribution is 2.35. The quantitative estimate of drug-likeness (QED) is 0.247. The molecule has 4 heterocycles. The van der Waals surface area contributed by atoms with E-state index in [4.69, 9.17) is 4.98 Å². The van der Waals surface area contributed by atoms with Crippen molar-refractivity contribution in [2.75, 3.05) is 57.0 Å². The van der Waals surface area contributed by atoms with E-state index in [0.29, 0.717) is 24.5 Å². The lowest BCUT2D eigenvalue weighted by Gasteiger charge is -2.36. The first-order valence-electron chi connectivity index (χ1n) is 17.2. The lowest BCUT2D eigenvalue weighted by Crippen LogP contribution is -2.47. The minimum atomic E-state index is -0.245. The van der Waals surface area contributed by atoms with Gasteiger partial charge in [-0.05, 0) is 67.1 Å². The standard InChI is InChI=1S/C37H44N8O3/c1-42(2)36(48)32-23-27-24-38-37(41-34(27)45(32)30-5-3-4-6-30)39-28-11-7-25(8-12-28)17-18-43-19-21-44(22-20-43)29-13-9-26(10-14-29)31-15-16-33(46)40-35(31)47/h7-14,23-24,30-31H,3-6,15-22H2,1-2H3,(H,38,39,41)(H,40,46,47). The number of fused-ring (bicyclic) bond motifs is 1. The number of hydrogen-bond acceptors (Lipinski definition) is 8. The van der Waals surface area contributed by atoms with Gasteiger partial charge in [-0.3, -0.25) is 24.6 Å². The number of hydrogen-bond donors (Lipinski definition) is 2. The fourth-order valence-corrected chi connectivity index (χ4v) is 7.32. The third-order valence-corrected chi connectivity index (χ3v) is 10.1. The molecule has 11 nitrogen and oxygen atoms in total. The van der Waals surface area contributed by atoms with E-state index < -0.39 is 0 Å². The molecule has 0 radical (unpaired) electrons. The molecule has 11 heteroatoms. The summed E-state index contributed by atoms with van der Waals surface area (Å²) in [6.07, 6.45) is 8.21. The molecule has 0 bridgehead atoms. The van der Waals surface area contributed by atoms with Crippen LogP contribution in [0.15, 0.2) is 60.8 Å². The van der Waals surface area contributed by atoms with Gasteiger partial charge in [0, 0.05) is 82.2 Å². The van der Waals surface area contributed by atoms with Crippen LogP contribution in [0.5, 0.6) is 0 Å². The molecule has 0 spiro atoms. The Balaban J connectivity index is 0.921. The molecule has 1 atom stereocenters. The van der Waals surface area contributed by atoms with Crippen LogP contribution in [0.2, 0.25) is 0 Å². The summed E-state index contributed by atoms with van der Waals surface area (Å²) in [6, 6.07) is 19.0. The minimum Gasteiger partial charge on any atom is -0.369 e. The number of piperazine rings is 1. The molecule has 3 aliphatic rings. The molecule has 3 fully saturated rings. The van der Waals surface area contributed by atoms with E-state index in [2.05, 4.69) is 66.4 Å². The summed E-state index contributed by atoms with van der Waals surface area (Å²) < 4.78 is 2.14. The zero-order valence-electron chi connectivity index (χ0n) is 27.8. The van der Waals surface area contributed by atoms with Gasteiger partial charge in [0.25, 0.3) is 5.91 Å². The van der Waals surface area contributed by atoms with Crippen molar-refractivity contribution in [1.29, 1.82) is 0 Å². The van der Waals surface area contributed by atoms with E-state index in [1.807, 2.05) is 24.4 Å². The number of aromatic nitrogens is 3. The molecule has 1 saturated carbocycles. The van der Waals surface area contributed by atoms with E-state index in [1.165, 1.54) is 24.1 Å². The van der Waals surface area contributed by atoms with E-state index >= 15 is 0 Å². The molecule has 2 aliphatic heterocycles. The van der Waals surface area contributed by atoms with Crippen LogP contribution in [0.3, 0.4) is 0 Å². The molecule has 2 aromatic heterocycles. The number of imide groups is 1. The van der Waals surface area contributed by atoms with Gasteiger partial charge in [-0.2, -0.15) is 4.98 Å². The van der Waals surface area contributed by atoms with Crippen LogP contribution in [0.1, 0.15) is 72.1 Å². The van der Waals surface area contributed by atoms with Crippen molar-refractivity contribution in [1.82, 2.24) is 29.7 Å². The van der Waals surface area contributed by atoms with Crippen LogP contribution < -0.4 is 15.5 Å². The fraction of sp³-hybridized carbons (Fsp3) is 0.432. The fourth-order valence-electron chi connectivity index (χ4n) is 7.32. The third-order valence-electron chi connectivity index (χ3n) is 10.1.